The van der Waals surface area contributed by atoms with Gasteiger partial charge in [-0.1, -0.05) is 38.2 Å². The van der Waals surface area contributed by atoms with Gasteiger partial charge >= 0.3 is 5.97 Å². The van der Waals surface area contributed by atoms with Gasteiger partial charge in [0.15, 0.2) is 0 Å². The number of hydrogen-bond acceptors (Lipinski definition) is 7. The molecule has 0 aromatic carbocycles. The minimum absolute atomic E-state index is 0.0524. The average Bonchev–Trinajstić information content (AvgIpc) is 2.79. The van der Waals surface area contributed by atoms with Crippen molar-refractivity contribution in [3.63, 3.8) is 0 Å². The van der Waals surface area contributed by atoms with Crippen LogP contribution in [0.25, 0.3) is 0 Å². The molecule has 0 radical (unpaired) electrons. The van der Waals surface area contributed by atoms with E-state index in [2.05, 4.69) is 5.32 Å². The van der Waals surface area contributed by atoms with Crippen LogP contribution in [0.3, 0.4) is 0 Å². The lowest BCUT2D eigenvalue weighted by atomic mass is 9.86. The summed E-state index contributed by atoms with van der Waals surface area (Å²) in [6.45, 7) is 5.39. The highest BCUT2D eigenvalue weighted by atomic mass is 16.5. The lowest BCUT2D eigenvalue weighted by Gasteiger charge is -2.27. The molecule has 2 amide bonds. The first-order valence-corrected chi connectivity index (χ1v) is 12.4. The number of ether oxygens (including phenoxy) is 2. The molecule has 5 atom stereocenters. The summed E-state index contributed by atoms with van der Waals surface area (Å²) in [5.74, 6) is -2.06. The molecule has 0 saturated carbocycles. The Morgan fingerprint density at radius 3 is 2.51 bits per heavy atom. The van der Waals surface area contributed by atoms with Gasteiger partial charge in [0.05, 0.1) is 12.0 Å². The molecule has 2 rings (SSSR count). The molecule has 2 N–H and O–H groups in total. The minimum atomic E-state index is -0.803. The van der Waals surface area contributed by atoms with Gasteiger partial charge in [-0.15, -0.1) is 0 Å². The van der Waals surface area contributed by atoms with E-state index in [0.717, 1.165) is 0 Å². The zero-order chi connectivity index (χ0) is 26.0. The fourth-order valence-corrected chi connectivity index (χ4v) is 4.61. The van der Waals surface area contributed by atoms with E-state index in [1.165, 1.54) is 6.08 Å². The number of Topliss-reactive ketones (excluding diaryl/α,β-unsaturated/α-hetero) is 1. The molecule has 2 heterocycles. The third-order valence-electron chi connectivity index (χ3n) is 6.67. The summed E-state index contributed by atoms with van der Waals surface area (Å²) in [6, 6.07) is 0. The van der Waals surface area contributed by atoms with Crippen molar-refractivity contribution >= 4 is 23.6 Å². The molecule has 0 aromatic rings. The molecule has 194 valence electrons. The molecule has 0 aromatic heterocycles. The summed E-state index contributed by atoms with van der Waals surface area (Å²) in [5, 5.41) is 13.1. The number of aliphatic hydroxyl groups is 1. The number of nitrogens with one attached hydrogen (secondary N) is 1. The highest BCUT2D eigenvalue weighted by Gasteiger charge is 2.31. The molecule has 0 unspecified atom stereocenters. The van der Waals surface area contributed by atoms with Gasteiger partial charge in [0.25, 0.3) is 0 Å². The van der Waals surface area contributed by atoms with Gasteiger partial charge in [-0.3, -0.25) is 19.7 Å². The van der Waals surface area contributed by atoms with Gasteiger partial charge in [-0.2, -0.15) is 0 Å². The van der Waals surface area contributed by atoms with Crippen molar-refractivity contribution in [2.45, 2.75) is 84.0 Å². The van der Waals surface area contributed by atoms with Crippen molar-refractivity contribution in [2.24, 2.45) is 17.8 Å². The molecule has 8 heteroatoms. The Balaban J connectivity index is 2.11. The lowest BCUT2D eigenvalue weighted by Crippen LogP contribution is -2.38. The highest BCUT2D eigenvalue weighted by molar-refractivity contribution is 5.97. The second-order valence-electron chi connectivity index (χ2n) is 9.62. The molecular formula is C27H39NO7. The maximum Gasteiger partial charge on any atom is 0.331 e. The van der Waals surface area contributed by atoms with Crippen molar-refractivity contribution in [2.75, 3.05) is 7.11 Å². The van der Waals surface area contributed by atoms with Gasteiger partial charge in [0.2, 0.25) is 11.8 Å². The number of carbonyl (C=O) groups is 4. The van der Waals surface area contributed by atoms with Crippen LogP contribution in [0.1, 0.15) is 65.7 Å². The normalized spacial score (nSPS) is 31.3. The van der Waals surface area contributed by atoms with E-state index in [9.17, 15) is 24.3 Å². The third kappa shape index (κ3) is 9.18. The molecule has 0 bridgehead atoms. The van der Waals surface area contributed by atoms with E-state index < -0.39 is 30.2 Å². The first-order chi connectivity index (χ1) is 16.6. The summed E-state index contributed by atoms with van der Waals surface area (Å²) in [4.78, 5) is 48.6. The van der Waals surface area contributed by atoms with E-state index in [-0.39, 0.29) is 35.9 Å². The van der Waals surface area contributed by atoms with Gasteiger partial charge < -0.3 is 14.6 Å². The van der Waals surface area contributed by atoms with Gasteiger partial charge in [-0.05, 0) is 44.1 Å². The Morgan fingerprint density at radius 1 is 1.20 bits per heavy atom. The Labute approximate surface area is 207 Å². The van der Waals surface area contributed by atoms with Gasteiger partial charge in [-0.25, -0.2) is 4.79 Å². The number of piperidine rings is 1. The zero-order valence-electron chi connectivity index (χ0n) is 21.2. The number of carbonyl (C=O) groups excluding carboxylic acids is 4. The second kappa shape index (κ2) is 14.1. The van der Waals surface area contributed by atoms with Crippen LogP contribution < -0.4 is 5.32 Å². The van der Waals surface area contributed by atoms with Crippen LogP contribution in [0.15, 0.2) is 36.0 Å². The topological polar surface area (TPSA) is 119 Å². The van der Waals surface area contributed by atoms with Crippen LogP contribution in [0.5, 0.6) is 0 Å². The second-order valence-corrected chi connectivity index (χ2v) is 9.62. The van der Waals surface area contributed by atoms with E-state index in [1.54, 1.807) is 27.0 Å². The van der Waals surface area contributed by atoms with Crippen molar-refractivity contribution < 1.29 is 33.8 Å². The highest BCUT2D eigenvalue weighted by Crippen LogP contribution is 2.25. The number of esters is 1. The van der Waals surface area contributed by atoms with E-state index >= 15 is 0 Å². The third-order valence-corrected chi connectivity index (χ3v) is 6.67. The molecule has 0 aliphatic carbocycles. The smallest absolute Gasteiger partial charge is 0.331 e. The van der Waals surface area contributed by atoms with E-state index in [1.807, 2.05) is 25.2 Å². The van der Waals surface area contributed by atoms with Crippen molar-refractivity contribution in [1.29, 1.82) is 0 Å². The molecule has 2 aliphatic rings. The molecule has 1 fully saturated rings. The maximum absolute atomic E-state index is 13.0. The number of aliphatic hydroxyl groups excluding tert-OH is 1. The Bertz CT molecular complexity index is 844. The van der Waals surface area contributed by atoms with Crippen LogP contribution >= 0.6 is 0 Å². The summed E-state index contributed by atoms with van der Waals surface area (Å²) in [7, 11) is 1.55. The SMILES string of the molecule is CO[C@H]1/C=C\CC/C=C\C(=O)O[C@H]([C@H](C)C(=O)CCCC2CC(=O)NC(=O)C2)/C(C)=C\[C@@H](C)[C@@H]1O. The summed E-state index contributed by atoms with van der Waals surface area (Å²) in [5.41, 5.74) is 0.685. The van der Waals surface area contributed by atoms with Crippen LogP contribution in [0.4, 0.5) is 0 Å². The van der Waals surface area contributed by atoms with Crippen LogP contribution in [-0.2, 0) is 28.7 Å². The number of cyclic esters (lactones) is 1. The number of amides is 2. The first-order valence-electron chi connectivity index (χ1n) is 12.4. The average molecular weight is 490 g/mol. The van der Waals surface area contributed by atoms with Crippen molar-refractivity contribution in [3.8, 4) is 0 Å². The van der Waals surface area contributed by atoms with Gasteiger partial charge in [0.1, 0.15) is 18.0 Å². The van der Waals surface area contributed by atoms with Crippen LogP contribution in [-0.4, -0.2) is 54.1 Å². The molecule has 2 aliphatic heterocycles. The van der Waals surface area contributed by atoms with Gasteiger partial charge in [0, 0.05) is 38.4 Å². The Morgan fingerprint density at radius 2 is 1.86 bits per heavy atom. The predicted molar refractivity (Wildman–Crippen MR) is 131 cm³/mol. The quantitative estimate of drug-likeness (QED) is 0.320. The minimum Gasteiger partial charge on any atom is -0.454 e. The Kier molecular flexibility index (Phi) is 11.5. The van der Waals surface area contributed by atoms with Crippen molar-refractivity contribution in [3.05, 3.63) is 36.0 Å². The fourth-order valence-electron chi connectivity index (χ4n) is 4.61. The number of allylic oxidation sites excluding steroid dienone is 2. The fraction of sp³-hybridized carbons (Fsp3) is 0.630. The number of ketones is 1. The summed E-state index contributed by atoms with van der Waals surface area (Å²) in [6.07, 6.45) is 9.96. The zero-order valence-corrected chi connectivity index (χ0v) is 21.2. The molecular weight excluding hydrogens is 450 g/mol. The van der Waals surface area contributed by atoms with Crippen molar-refractivity contribution in [1.82, 2.24) is 5.32 Å². The maximum atomic E-state index is 13.0. The molecule has 8 nitrogen and oxygen atoms in total. The van der Waals surface area contributed by atoms with E-state index in [4.69, 9.17) is 9.47 Å². The molecule has 35 heavy (non-hydrogen) atoms. The largest absolute Gasteiger partial charge is 0.454 e. The van der Waals surface area contributed by atoms with Crippen LogP contribution in [0.2, 0.25) is 0 Å². The standard InChI is InChI=1S/C27H39NO7/c1-17-14-18(2)27(35-25(32)13-8-6-5-7-12-22(34-4)26(17)33)19(3)21(29)11-9-10-20-15-23(30)28-24(31)16-20/h7-8,12-14,17,19-20,22,26-27,33H,5-6,9-11,15-16H2,1-4H3,(H,28,30,31)/b12-7-,13-8-,18-14-/t17-,19-,22+,26+,27+/m1/s1. The monoisotopic (exact) mass is 489 g/mol. The Hall–Kier alpha value is -2.58. The van der Waals surface area contributed by atoms with E-state index in [0.29, 0.717) is 44.1 Å². The number of hydrogen-bond donors (Lipinski definition) is 2. The number of imide groups is 1. The number of rotatable bonds is 7. The predicted octanol–water partition coefficient (Wildman–Crippen LogP) is 3.19. The molecule has 0 spiro atoms. The summed E-state index contributed by atoms with van der Waals surface area (Å²) >= 11 is 0. The summed E-state index contributed by atoms with van der Waals surface area (Å²) < 4.78 is 11.1. The lowest BCUT2D eigenvalue weighted by molar-refractivity contribution is -0.145. The first kappa shape index (κ1) is 28.7. The number of methoxy groups -OCH3 is 1. The molecule has 1 saturated heterocycles. The van der Waals surface area contributed by atoms with Crippen LogP contribution in [0, 0.1) is 17.8 Å².